The molecule has 1 aliphatic heterocycles. The molecule has 3 rings (SSSR count). The van der Waals surface area contributed by atoms with E-state index in [0.29, 0.717) is 4.90 Å². The molecule has 1 saturated heterocycles. The van der Waals surface area contributed by atoms with Gasteiger partial charge in [0.25, 0.3) is 11.8 Å². The van der Waals surface area contributed by atoms with Crippen molar-refractivity contribution in [2.24, 2.45) is 0 Å². The molecule has 0 aliphatic carbocycles. The monoisotopic (exact) mass is 478 g/mol. The summed E-state index contributed by atoms with van der Waals surface area (Å²) in [6.07, 6.45) is -5.49. The predicted molar refractivity (Wildman–Crippen MR) is 101 cm³/mol. The Morgan fingerprint density at radius 2 is 2.10 bits per heavy atom. The number of nitriles is 1. The topological polar surface area (TPSA) is 86.1 Å². The van der Waals surface area contributed by atoms with Gasteiger partial charge in [0.1, 0.15) is 16.7 Å². The zero-order valence-electron chi connectivity index (χ0n) is 15.3. The van der Waals surface area contributed by atoms with Crippen molar-refractivity contribution in [1.29, 1.82) is 5.26 Å². The molecule has 1 aromatic carbocycles. The summed E-state index contributed by atoms with van der Waals surface area (Å²) >= 11 is 6.42. The Balaban J connectivity index is 1.71. The number of aromatic nitrogens is 1. The van der Waals surface area contributed by atoms with Gasteiger partial charge in [-0.1, -0.05) is 11.6 Å². The minimum atomic E-state index is -4.70. The van der Waals surface area contributed by atoms with Crippen molar-refractivity contribution in [1.82, 2.24) is 15.2 Å². The van der Waals surface area contributed by atoms with Crippen LogP contribution in [0.1, 0.15) is 22.5 Å². The normalized spacial score (nSPS) is 18.0. The van der Waals surface area contributed by atoms with Crippen molar-refractivity contribution in [3.8, 4) is 16.6 Å². The maximum Gasteiger partial charge on any atom is 0.417 e. The molecule has 13 heteroatoms. The Morgan fingerprint density at radius 1 is 1.39 bits per heavy atom. The first-order chi connectivity index (χ1) is 14.4. The first-order valence-corrected chi connectivity index (χ1v) is 9.85. The molecular weight excluding hydrogens is 467 g/mol. The van der Waals surface area contributed by atoms with Gasteiger partial charge < -0.3 is 10.2 Å². The molecule has 31 heavy (non-hydrogen) atoms. The Labute approximate surface area is 181 Å². The summed E-state index contributed by atoms with van der Waals surface area (Å²) in [5.41, 5.74) is -1.54. The highest BCUT2D eigenvalue weighted by atomic mass is 35.5. The summed E-state index contributed by atoms with van der Waals surface area (Å²) in [6, 6.07) is 3.43. The Bertz CT molecular complexity index is 1070. The van der Waals surface area contributed by atoms with Gasteiger partial charge in [0.2, 0.25) is 5.91 Å². The number of rotatable bonds is 4. The van der Waals surface area contributed by atoms with Crippen LogP contribution in [0.15, 0.2) is 23.6 Å². The average Bonchev–Trinajstić information content (AvgIpc) is 3.29. The molecule has 2 amide bonds. The lowest BCUT2D eigenvalue weighted by molar-refractivity contribution is -0.137. The number of nitrogens with one attached hydrogen (secondary N) is 1. The maximum atomic E-state index is 13.4. The van der Waals surface area contributed by atoms with Gasteiger partial charge in [-0.15, -0.1) is 11.3 Å². The number of alkyl halides is 5. The summed E-state index contributed by atoms with van der Waals surface area (Å²) in [4.78, 5) is 28.9. The number of hydrogen-bond donors (Lipinski definition) is 1. The summed E-state index contributed by atoms with van der Waals surface area (Å²) in [6.45, 7) is -1.60. The fraction of sp³-hybridized carbons (Fsp3) is 0.333. The minimum Gasteiger partial charge on any atom is -0.342 e. The quantitative estimate of drug-likeness (QED) is 0.674. The van der Waals surface area contributed by atoms with Crippen LogP contribution in [0.25, 0.3) is 10.6 Å². The van der Waals surface area contributed by atoms with E-state index in [4.69, 9.17) is 16.9 Å². The highest BCUT2D eigenvalue weighted by Crippen LogP contribution is 2.39. The molecule has 1 fully saturated rings. The molecule has 1 atom stereocenters. The number of nitrogens with zero attached hydrogens (tertiary/aromatic N) is 3. The molecule has 1 aromatic heterocycles. The maximum absolute atomic E-state index is 13.4. The molecule has 0 bridgehead atoms. The van der Waals surface area contributed by atoms with Crippen LogP contribution in [0.5, 0.6) is 0 Å². The molecular formula is C18H12ClF5N4O2S. The number of carbonyl (C=O) groups excluding carboxylic acids is 2. The van der Waals surface area contributed by atoms with Crippen LogP contribution in [0, 0.1) is 11.3 Å². The van der Waals surface area contributed by atoms with Crippen LogP contribution in [-0.4, -0.2) is 46.8 Å². The third kappa shape index (κ3) is 5.11. The van der Waals surface area contributed by atoms with Crippen molar-refractivity contribution in [3.63, 3.8) is 0 Å². The SMILES string of the molecule is N#C[C@@H]1CC(F)(F)CN1C(=O)CNC(=O)c1csc(-c2ccc(Cl)cc2C(F)(F)F)n1. The van der Waals surface area contributed by atoms with Crippen molar-refractivity contribution < 1.29 is 31.5 Å². The lowest BCUT2D eigenvalue weighted by atomic mass is 10.1. The molecule has 164 valence electrons. The number of carbonyl (C=O) groups is 2. The summed E-state index contributed by atoms with van der Waals surface area (Å²) in [5.74, 6) is -4.96. The second-order valence-electron chi connectivity index (χ2n) is 6.63. The Kier molecular flexibility index (Phi) is 6.20. The van der Waals surface area contributed by atoms with Crippen LogP contribution in [0.2, 0.25) is 5.02 Å². The van der Waals surface area contributed by atoms with Crippen molar-refractivity contribution >= 4 is 34.8 Å². The molecule has 1 N–H and O–H groups in total. The molecule has 2 heterocycles. The zero-order chi connectivity index (χ0) is 23.0. The lowest BCUT2D eigenvalue weighted by Gasteiger charge is -2.19. The van der Waals surface area contributed by atoms with Gasteiger partial charge in [-0.2, -0.15) is 18.4 Å². The van der Waals surface area contributed by atoms with E-state index in [0.717, 1.165) is 23.5 Å². The summed E-state index contributed by atoms with van der Waals surface area (Å²) in [7, 11) is 0. The fourth-order valence-electron chi connectivity index (χ4n) is 2.98. The molecule has 2 aromatic rings. The van der Waals surface area contributed by atoms with Crippen LogP contribution in [-0.2, 0) is 11.0 Å². The van der Waals surface area contributed by atoms with E-state index in [2.05, 4.69) is 10.3 Å². The largest absolute Gasteiger partial charge is 0.417 e. The van der Waals surface area contributed by atoms with Crippen LogP contribution in [0.4, 0.5) is 22.0 Å². The number of thiazole rings is 1. The molecule has 0 spiro atoms. The van der Waals surface area contributed by atoms with Crippen molar-refractivity contribution in [2.45, 2.75) is 24.6 Å². The van der Waals surface area contributed by atoms with Crippen molar-refractivity contribution in [3.05, 3.63) is 39.9 Å². The second-order valence-corrected chi connectivity index (χ2v) is 7.93. The fourth-order valence-corrected chi connectivity index (χ4v) is 3.99. The van der Waals surface area contributed by atoms with E-state index >= 15 is 0 Å². The van der Waals surface area contributed by atoms with Crippen LogP contribution >= 0.6 is 22.9 Å². The number of likely N-dealkylation sites (tertiary alicyclic amines) is 1. The van der Waals surface area contributed by atoms with E-state index in [-0.39, 0.29) is 21.3 Å². The van der Waals surface area contributed by atoms with E-state index < -0.39 is 55.0 Å². The summed E-state index contributed by atoms with van der Waals surface area (Å²) in [5, 5.41) is 12.1. The highest BCUT2D eigenvalue weighted by Gasteiger charge is 2.47. The highest BCUT2D eigenvalue weighted by molar-refractivity contribution is 7.13. The Morgan fingerprint density at radius 3 is 2.74 bits per heavy atom. The van der Waals surface area contributed by atoms with Gasteiger partial charge >= 0.3 is 6.18 Å². The van der Waals surface area contributed by atoms with Gasteiger partial charge in [-0.25, -0.2) is 13.8 Å². The zero-order valence-corrected chi connectivity index (χ0v) is 16.9. The van der Waals surface area contributed by atoms with Gasteiger partial charge in [-0.05, 0) is 18.2 Å². The van der Waals surface area contributed by atoms with E-state index in [1.807, 2.05) is 0 Å². The molecule has 6 nitrogen and oxygen atoms in total. The standard InChI is InChI=1S/C18H12ClF5N4O2S/c19-9-1-2-11(12(3-9)18(22,23)24)16-27-13(7-31-16)15(30)26-6-14(29)28-8-17(20,21)4-10(28)5-25/h1-3,7,10H,4,6,8H2,(H,26,30)/t10-/m0/s1. The smallest absolute Gasteiger partial charge is 0.342 e. The lowest BCUT2D eigenvalue weighted by Crippen LogP contribution is -2.43. The molecule has 0 unspecified atom stereocenters. The molecule has 1 aliphatic rings. The van der Waals surface area contributed by atoms with Gasteiger partial charge in [0.15, 0.2) is 0 Å². The average molecular weight is 479 g/mol. The number of benzene rings is 1. The van der Waals surface area contributed by atoms with Gasteiger partial charge in [0, 0.05) is 22.4 Å². The number of halogens is 6. The van der Waals surface area contributed by atoms with E-state index in [1.54, 1.807) is 6.07 Å². The van der Waals surface area contributed by atoms with Gasteiger partial charge in [0.05, 0.1) is 24.7 Å². The Hall–Kier alpha value is -2.78. The molecule has 0 radical (unpaired) electrons. The van der Waals surface area contributed by atoms with Crippen LogP contribution in [0.3, 0.4) is 0 Å². The first-order valence-electron chi connectivity index (χ1n) is 8.59. The predicted octanol–water partition coefficient (Wildman–Crippen LogP) is 3.97. The van der Waals surface area contributed by atoms with Crippen molar-refractivity contribution in [2.75, 3.05) is 13.1 Å². The third-order valence-corrected chi connectivity index (χ3v) is 5.50. The molecule has 0 saturated carbocycles. The van der Waals surface area contributed by atoms with Gasteiger partial charge in [-0.3, -0.25) is 9.59 Å². The second kappa shape index (κ2) is 8.39. The number of hydrogen-bond acceptors (Lipinski definition) is 5. The van der Waals surface area contributed by atoms with E-state index in [9.17, 15) is 31.5 Å². The summed E-state index contributed by atoms with van der Waals surface area (Å²) < 4.78 is 66.7. The minimum absolute atomic E-state index is 0.0933. The van der Waals surface area contributed by atoms with E-state index in [1.165, 1.54) is 11.4 Å². The first kappa shape index (κ1) is 22.9. The number of amides is 2. The van der Waals surface area contributed by atoms with Crippen LogP contribution < -0.4 is 5.32 Å². The third-order valence-electron chi connectivity index (χ3n) is 4.39.